The number of carbonyl (C=O) groups excluding carboxylic acids is 2. The summed E-state index contributed by atoms with van der Waals surface area (Å²) in [6, 6.07) is 9.24. The molecule has 1 aromatic heterocycles. The van der Waals surface area contributed by atoms with Crippen molar-refractivity contribution in [1.82, 2.24) is 9.88 Å². The Hall–Kier alpha value is -3.02. The van der Waals surface area contributed by atoms with Crippen molar-refractivity contribution in [2.45, 2.75) is 65.0 Å². The summed E-state index contributed by atoms with van der Waals surface area (Å²) in [6.07, 6.45) is 9.93. The van der Waals surface area contributed by atoms with E-state index in [-0.39, 0.29) is 11.9 Å². The van der Waals surface area contributed by atoms with E-state index < -0.39 is 6.03 Å². The third-order valence-electron chi connectivity index (χ3n) is 5.91. The molecular formula is C24H32N4O2. The van der Waals surface area contributed by atoms with Crippen LogP contribution in [-0.4, -0.2) is 16.5 Å². The second-order valence-corrected chi connectivity index (χ2v) is 8.16. The molecule has 1 unspecified atom stereocenters. The molecule has 6 nitrogen and oxygen atoms in total. The van der Waals surface area contributed by atoms with Gasteiger partial charge in [0.2, 0.25) is 5.91 Å². The number of hydrogen-bond donors (Lipinski definition) is 3. The lowest BCUT2D eigenvalue weighted by atomic mass is 9.95. The number of carbonyl (C=O) groups is 2. The van der Waals surface area contributed by atoms with E-state index in [1.54, 1.807) is 18.2 Å². The summed E-state index contributed by atoms with van der Waals surface area (Å²) in [5.74, 6) is -0.135. The quantitative estimate of drug-likeness (QED) is 0.588. The summed E-state index contributed by atoms with van der Waals surface area (Å²) in [5.41, 5.74) is 10.3. The zero-order valence-corrected chi connectivity index (χ0v) is 18.1. The van der Waals surface area contributed by atoms with Crippen molar-refractivity contribution in [1.29, 1.82) is 0 Å². The fraction of sp³-hybridized carbons (Fsp3) is 0.417. The maximum atomic E-state index is 12.4. The Morgan fingerprint density at radius 3 is 2.43 bits per heavy atom. The Morgan fingerprint density at radius 2 is 1.80 bits per heavy atom. The van der Waals surface area contributed by atoms with Gasteiger partial charge in [-0.1, -0.05) is 31.4 Å². The molecular weight excluding hydrogens is 376 g/mol. The molecule has 0 radical (unpaired) electrons. The van der Waals surface area contributed by atoms with Crippen molar-refractivity contribution in [3.05, 3.63) is 58.9 Å². The highest BCUT2D eigenvalue weighted by molar-refractivity contribution is 5.92. The molecule has 1 aliphatic rings. The number of nitrogens with two attached hydrogens (primary N) is 1. The molecule has 0 spiro atoms. The van der Waals surface area contributed by atoms with E-state index in [4.69, 9.17) is 5.73 Å². The average molecular weight is 409 g/mol. The number of aromatic nitrogens is 1. The highest BCUT2D eigenvalue weighted by Gasteiger charge is 2.19. The summed E-state index contributed by atoms with van der Waals surface area (Å²) in [5, 5.41) is 5.51. The van der Waals surface area contributed by atoms with Crippen LogP contribution in [-0.2, 0) is 4.79 Å². The van der Waals surface area contributed by atoms with Crippen LogP contribution in [0.3, 0.4) is 0 Å². The topological polar surface area (TPSA) is 89.2 Å². The number of amides is 3. The second kappa shape index (κ2) is 9.65. The minimum atomic E-state index is -0.600. The maximum absolute atomic E-state index is 12.4. The van der Waals surface area contributed by atoms with Crippen molar-refractivity contribution in [3.8, 4) is 0 Å². The normalized spacial score (nSPS) is 15.8. The molecule has 30 heavy (non-hydrogen) atoms. The van der Waals surface area contributed by atoms with E-state index in [1.165, 1.54) is 43.5 Å². The van der Waals surface area contributed by atoms with Gasteiger partial charge in [-0.05, 0) is 69.0 Å². The summed E-state index contributed by atoms with van der Waals surface area (Å²) in [7, 11) is 0. The first-order valence-electron chi connectivity index (χ1n) is 10.7. The predicted octanol–water partition coefficient (Wildman–Crippen LogP) is 4.99. The standard InChI is InChI=1S/C24H32N4O2/c1-16-15-20(18(3)28(16)22-7-5-4-6-8-22)11-14-23(29)26-17(2)19-9-12-21(13-10-19)27-24(25)30/h9-15,17,22H,4-8H2,1-3H3,(H,26,29)(H3,25,27,30). The van der Waals surface area contributed by atoms with E-state index in [1.807, 2.05) is 25.1 Å². The first kappa shape index (κ1) is 21.7. The predicted molar refractivity (Wildman–Crippen MR) is 121 cm³/mol. The minimum absolute atomic E-state index is 0.135. The molecule has 1 saturated carbocycles. The summed E-state index contributed by atoms with van der Waals surface area (Å²) in [6.45, 7) is 6.22. The third-order valence-corrected chi connectivity index (χ3v) is 5.91. The molecule has 1 atom stereocenters. The van der Waals surface area contributed by atoms with Crippen LogP contribution >= 0.6 is 0 Å². The van der Waals surface area contributed by atoms with E-state index in [2.05, 4.69) is 35.1 Å². The highest BCUT2D eigenvalue weighted by Crippen LogP contribution is 2.32. The van der Waals surface area contributed by atoms with Gasteiger partial charge in [-0.2, -0.15) is 0 Å². The lowest BCUT2D eigenvalue weighted by Crippen LogP contribution is -2.24. The number of anilines is 1. The van der Waals surface area contributed by atoms with Gasteiger partial charge in [0.05, 0.1) is 6.04 Å². The third kappa shape index (κ3) is 5.32. The Kier molecular flexibility index (Phi) is 6.98. The van der Waals surface area contributed by atoms with Crippen molar-refractivity contribution >= 4 is 23.7 Å². The summed E-state index contributed by atoms with van der Waals surface area (Å²) in [4.78, 5) is 23.3. The number of rotatable bonds is 6. The molecule has 4 N–H and O–H groups in total. The fourth-order valence-electron chi connectivity index (χ4n) is 4.38. The van der Waals surface area contributed by atoms with Gasteiger partial charge in [-0.3, -0.25) is 4.79 Å². The lowest BCUT2D eigenvalue weighted by Gasteiger charge is -2.26. The molecule has 1 heterocycles. The van der Waals surface area contributed by atoms with Gasteiger partial charge in [0.25, 0.3) is 0 Å². The van der Waals surface area contributed by atoms with E-state index in [0.717, 1.165) is 11.1 Å². The van der Waals surface area contributed by atoms with Crippen molar-refractivity contribution < 1.29 is 9.59 Å². The highest BCUT2D eigenvalue weighted by atomic mass is 16.2. The van der Waals surface area contributed by atoms with Crippen LogP contribution in [0.4, 0.5) is 10.5 Å². The molecule has 2 aromatic rings. The second-order valence-electron chi connectivity index (χ2n) is 8.16. The summed E-state index contributed by atoms with van der Waals surface area (Å²) >= 11 is 0. The van der Waals surface area contributed by atoms with Gasteiger partial charge in [-0.15, -0.1) is 0 Å². The number of hydrogen-bond acceptors (Lipinski definition) is 2. The van der Waals surface area contributed by atoms with Gasteiger partial charge in [0.1, 0.15) is 0 Å². The van der Waals surface area contributed by atoms with Gasteiger partial charge in [0, 0.05) is 29.2 Å². The van der Waals surface area contributed by atoms with Gasteiger partial charge < -0.3 is 20.9 Å². The maximum Gasteiger partial charge on any atom is 0.316 e. The van der Waals surface area contributed by atoms with E-state index >= 15 is 0 Å². The zero-order valence-electron chi connectivity index (χ0n) is 18.1. The molecule has 1 aliphatic carbocycles. The molecule has 3 rings (SSSR count). The average Bonchev–Trinajstić information content (AvgIpc) is 3.00. The number of aryl methyl sites for hydroxylation is 1. The van der Waals surface area contributed by atoms with Crippen LogP contribution in [0.15, 0.2) is 36.4 Å². The van der Waals surface area contributed by atoms with Crippen LogP contribution in [0, 0.1) is 13.8 Å². The van der Waals surface area contributed by atoms with Crippen molar-refractivity contribution in [3.63, 3.8) is 0 Å². The zero-order chi connectivity index (χ0) is 21.7. The van der Waals surface area contributed by atoms with Crippen molar-refractivity contribution in [2.75, 3.05) is 5.32 Å². The number of urea groups is 1. The van der Waals surface area contributed by atoms with Crippen LogP contribution in [0.25, 0.3) is 6.08 Å². The van der Waals surface area contributed by atoms with Gasteiger partial charge in [-0.25, -0.2) is 4.79 Å². The molecule has 160 valence electrons. The van der Waals surface area contributed by atoms with Crippen LogP contribution in [0.5, 0.6) is 0 Å². The van der Waals surface area contributed by atoms with E-state index in [9.17, 15) is 9.59 Å². The SMILES string of the molecule is Cc1cc(C=CC(=O)NC(C)c2ccc(NC(N)=O)cc2)c(C)n1C1CCCCC1. The van der Waals surface area contributed by atoms with Gasteiger partial charge in [0.15, 0.2) is 0 Å². The van der Waals surface area contributed by atoms with E-state index in [0.29, 0.717) is 11.7 Å². The summed E-state index contributed by atoms with van der Waals surface area (Å²) < 4.78 is 2.45. The van der Waals surface area contributed by atoms with Crippen molar-refractivity contribution in [2.24, 2.45) is 5.73 Å². The molecule has 1 aromatic carbocycles. The number of nitrogens with zero attached hydrogens (tertiary/aromatic N) is 1. The molecule has 6 heteroatoms. The molecule has 3 amide bonds. The Balaban J connectivity index is 1.62. The molecule has 0 bridgehead atoms. The Bertz CT molecular complexity index is 921. The number of primary amides is 1. The van der Waals surface area contributed by atoms with Crippen LogP contribution < -0.4 is 16.4 Å². The molecule has 0 aliphatic heterocycles. The Morgan fingerprint density at radius 1 is 1.13 bits per heavy atom. The first-order valence-corrected chi connectivity index (χ1v) is 10.7. The number of benzene rings is 1. The minimum Gasteiger partial charge on any atom is -0.351 e. The van der Waals surface area contributed by atoms with Crippen LogP contribution in [0.1, 0.15) is 73.6 Å². The van der Waals surface area contributed by atoms with Crippen LogP contribution in [0.2, 0.25) is 0 Å². The fourth-order valence-corrected chi connectivity index (χ4v) is 4.38. The smallest absolute Gasteiger partial charge is 0.316 e. The monoisotopic (exact) mass is 408 g/mol. The largest absolute Gasteiger partial charge is 0.351 e. The Labute approximate surface area is 178 Å². The molecule has 0 saturated heterocycles. The first-order chi connectivity index (χ1) is 14.3. The molecule has 1 fully saturated rings. The number of nitrogens with one attached hydrogen (secondary N) is 2. The van der Waals surface area contributed by atoms with Gasteiger partial charge >= 0.3 is 6.03 Å². The lowest BCUT2D eigenvalue weighted by molar-refractivity contribution is -0.117.